The van der Waals surface area contributed by atoms with Gasteiger partial charge in [0.2, 0.25) is 0 Å². The molecule has 3 heteroatoms. The van der Waals surface area contributed by atoms with Gasteiger partial charge in [0.05, 0.1) is 4.75 Å². The Hall–Kier alpha value is -0.0300. The Balaban J connectivity index is 2.09. The molecule has 3 rings (SSSR count). The van der Waals surface area contributed by atoms with E-state index in [0.29, 0.717) is 5.78 Å². The van der Waals surface area contributed by atoms with E-state index in [4.69, 9.17) is 0 Å². The molecule has 0 N–H and O–H groups in total. The fourth-order valence-electron chi connectivity index (χ4n) is 3.60. The largest absolute Gasteiger partial charge is 0.294 e. The summed E-state index contributed by atoms with van der Waals surface area (Å²) in [6.45, 7) is 4.40. The molecule has 1 nitrogen and oxygen atoms in total. The minimum Gasteiger partial charge on any atom is -0.294 e. The normalized spacial score (nSPS) is 35.1. The summed E-state index contributed by atoms with van der Waals surface area (Å²) < 4.78 is 0.0708. The molecule has 0 saturated carbocycles. The number of rotatable bonds is 1. The van der Waals surface area contributed by atoms with Gasteiger partial charge in [-0.05, 0) is 66.3 Å². The molecule has 0 radical (unpaired) electrons. The fourth-order valence-corrected chi connectivity index (χ4v) is 6.67. The molecule has 0 aromatic rings. The number of allylic oxidation sites excluding steroid dienone is 5. The lowest BCUT2D eigenvalue weighted by molar-refractivity contribution is -0.118. The Labute approximate surface area is 125 Å². The first-order valence-electron chi connectivity index (χ1n) is 6.46. The number of carbonyl (C=O) groups excluding carboxylic acids is 1. The van der Waals surface area contributed by atoms with Crippen molar-refractivity contribution in [3.05, 3.63) is 34.4 Å². The molecule has 3 aliphatic carbocycles. The van der Waals surface area contributed by atoms with Crippen molar-refractivity contribution in [1.82, 2.24) is 0 Å². The van der Waals surface area contributed by atoms with Crippen LogP contribution in [-0.4, -0.2) is 10.5 Å². The second kappa shape index (κ2) is 4.51. The highest BCUT2D eigenvalue weighted by Gasteiger charge is 2.54. The molecular formula is C15H17IOS. The molecule has 0 heterocycles. The number of carbonyl (C=O) groups is 1. The van der Waals surface area contributed by atoms with Gasteiger partial charge < -0.3 is 0 Å². The summed E-state index contributed by atoms with van der Waals surface area (Å²) >= 11 is 2.41. The molecule has 96 valence electrons. The maximum absolute atomic E-state index is 12.6. The van der Waals surface area contributed by atoms with Crippen molar-refractivity contribution in [3.63, 3.8) is 0 Å². The van der Waals surface area contributed by atoms with Crippen LogP contribution in [0.5, 0.6) is 0 Å². The molecule has 18 heavy (non-hydrogen) atoms. The van der Waals surface area contributed by atoms with Crippen molar-refractivity contribution in [2.24, 2.45) is 5.92 Å². The molecule has 0 bridgehead atoms. The molecule has 2 atom stereocenters. The van der Waals surface area contributed by atoms with Crippen LogP contribution in [0.15, 0.2) is 34.4 Å². The quantitative estimate of drug-likeness (QED) is 0.487. The minimum atomic E-state index is 0.0708. The average Bonchev–Trinajstić information content (AvgIpc) is 2.59. The van der Waals surface area contributed by atoms with Crippen molar-refractivity contribution < 1.29 is 4.79 Å². The molecule has 0 aromatic carbocycles. The van der Waals surface area contributed by atoms with Crippen LogP contribution < -0.4 is 0 Å². The van der Waals surface area contributed by atoms with Crippen LogP contribution in [0.25, 0.3) is 0 Å². The number of hydrogen-bond donors (Lipinski definition) is 0. The number of ketones is 1. The van der Waals surface area contributed by atoms with Gasteiger partial charge >= 0.3 is 0 Å². The molecule has 0 aromatic heterocycles. The van der Waals surface area contributed by atoms with Crippen molar-refractivity contribution in [2.75, 3.05) is 0 Å². The predicted molar refractivity (Wildman–Crippen MR) is 85.8 cm³/mol. The zero-order valence-corrected chi connectivity index (χ0v) is 13.7. The van der Waals surface area contributed by atoms with Gasteiger partial charge in [0.25, 0.3) is 0 Å². The van der Waals surface area contributed by atoms with Crippen molar-refractivity contribution in [1.29, 1.82) is 0 Å². The lowest BCUT2D eigenvalue weighted by Gasteiger charge is -2.38. The summed E-state index contributed by atoms with van der Waals surface area (Å²) in [4.78, 5) is 12.6. The van der Waals surface area contributed by atoms with Gasteiger partial charge in [-0.2, -0.15) is 0 Å². The summed E-state index contributed by atoms with van der Waals surface area (Å²) in [5, 5.41) is 0. The van der Waals surface area contributed by atoms with Crippen LogP contribution in [-0.2, 0) is 4.79 Å². The van der Waals surface area contributed by atoms with Gasteiger partial charge in [-0.3, -0.25) is 4.79 Å². The van der Waals surface area contributed by atoms with Gasteiger partial charge in [-0.15, -0.1) is 0 Å². The summed E-state index contributed by atoms with van der Waals surface area (Å²) in [5.41, 5.74) is 5.46. The SMILES string of the molecule is CC1=CCC2=C(C1)C1(SI)CC(C)=CCC1C2=O. The Morgan fingerprint density at radius 1 is 1.33 bits per heavy atom. The first-order valence-corrected chi connectivity index (χ1v) is 9.82. The lowest BCUT2D eigenvalue weighted by atomic mass is 9.76. The van der Waals surface area contributed by atoms with Crippen molar-refractivity contribution >= 4 is 35.9 Å². The van der Waals surface area contributed by atoms with Crippen LogP contribution in [0, 0.1) is 5.92 Å². The molecule has 3 aliphatic rings. The second-order valence-electron chi connectivity index (χ2n) is 5.73. The van der Waals surface area contributed by atoms with Gasteiger partial charge in [-0.1, -0.05) is 32.2 Å². The van der Waals surface area contributed by atoms with E-state index in [-0.39, 0.29) is 10.7 Å². The van der Waals surface area contributed by atoms with E-state index in [9.17, 15) is 4.79 Å². The molecule has 0 amide bonds. The fraction of sp³-hybridized carbons (Fsp3) is 0.533. The highest BCUT2D eigenvalue weighted by molar-refractivity contribution is 14.2. The maximum Gasteiger partial charge on any atom is 0.164 e. The number of Topliss-reactive ketones (excluding diaryl/α,β-unsaturated/α-hetero) is 1. The number of hydrogen-bond acceptors (Lipinski definition) is 2. The molecular weight excluding hydrogens is 355 g/mol. The van der Waals surface area contributed by atoms with Crippen LogP contribution in [0.2, 0.25) is 0 Å². The van der Waals surface area contributed by atoms with E-state index in [1.807, 2.05) is 8.93 Å². The highest BCUT2D eigenvalue weighted by Crippen LogP contribution is 2.59. The van der Waals surface area contributed by atoms with Crippen molar-refractivity contribution in [3.8, 4) is 0 Å². The summed E-state index contributed by atoms with van der Waals surface area (Å²) in [6.07, 6.45) is 8.39. The van der Waals surface area contributed by atoms with Crippen LogP contribution >= 0.6 is 30.1 Å². The highest BCUT2D eigenvalue weighted by atomic mass is 127. The van der Waals surface area contributed by atoms with Crippen LogP contribution in [0.4, 0.5) is 0 Å². The second-order valence-corrected chi connectivity index (χ2v) is 7.94. The Bertz CT molecular complexity index is 515. The zero-order valence-electron chi connectivity index (χ0n) is 10.8. The first-order chi connectivity index (χ1) is 8.58. The summed E-state index contributed by atoms with van der Waals surface area (Å²) in [5.74, 6) is 0.633. The van der Waals surface area contributed by atoms with Gasteiger partial charge in [0.15, 0.2) is 5.78 Å². The third-order valence-corrected chi connectivity index (χ3v) is 7.85. The number of fused-ring (bicyclic) bond motifs is 2. The smallest absolute Gasteiger partial charge is 0.164 e. The lowest BCUT2D eigenvalue weighted by Crippen LogP contribution is -2.37. The third-order valence-electron chi connectivity index (χ3n) is 4.54. The monoisotopic (exact) mass is 372 g/mol. The van der Waals surface area contributed by atoms with Gasteiger partial charge in [0, 0.05) is 11.5 Å². The van der Waals surface area contributed by atoms with Gasteiger partial charge in [0.1, 0.15) is 0 Å². The Morgan fingerprint density at radius 3 is 2.83 bits per heavy atom. The van der Waals surface area contributed by atoms with E-state index in [1.54, 1.807) is 0 Å². The van der Waals surface area contributed by atoms with E-state index < -0.39 is 0 Å². The van der Waals surface area contributed by atoms with E-state index in [0.717, 1.165) is 31.3 Å². The Morgan fingerprint density at radius 2 is 2.11 bits per heavy atom. The summed E-state index contributed by atoms with van der Waals surface area (Å²) in [6, 6.07) is 0. The third kappa shape index (κ3) is 1.69. The summed E-state index contributed by atoms with van der Waals surface area (Å²) in [7, 11) is 1.88. The zero-order chi connectivity index (χ0) is 12.9. The number of halogens is 1. The van der Waals surface area contributed by atoms with Crippen LogP contribution in [0.3, 0.4) is 0 Å². The minimum absolute atomic E-state index is 0.0708. The molecule has 0 aliphatic heterocycles. The van der Waals surface area contributed by atoms with E-state index in [1.165, 1.54) is 16.7 Å². The molecule has 0 spiro atoms. The Kier molecular flexibility index (Phi) is 3.25. The van der Waals surface area contributed by atoms with Gasteiger partial charge in [-0.25, -0.2) is 0 Å². The van der Waals surface area contributed by atoms with Crippen molar-refractivity contribution in [2.45, 2.75) is 44.3 Å². The molecule has 0 fully saturated rings. The molecule has 2 unspecified atom stereocenters. The maximum atomic E-state index is 12.6. The van der Waals surface area contributed by atoms with Crippen LogP contribution in [0.1, 0.15) is 39.5 Å². The standard InChI is InChI=1S/C15H17IOS/c1-9-3-5-11-13(7-9)15(18-16)8-10(2)4-6-12(15)14(11)17/h3-4,12H,5-8H2,1-2H3. The van der Waals surface area contributed by atoms with E-state index >= 15 is 0 Å². The molecule has 0 saturated heterocycles. The topological polar surface area (TPSA) is 17.1 Å². The first kappa shape index (κ1) is 13.0. The average molecular weight is 372 g/mol. The van der Waals surface area contributed by atoms with E-state index in [2.05, 4.69) is 47.2 Å². The predicted octanol–water partition coefficient (Wildman–Crippen LogP) is 4.78.